The highest BCUT2D eigenvalue weighted by Gasteiger charge is 2.15. The Bertz CT molecular complexity index is 237. The maximum absolute atomic E-state index is 12.3. The molecule has 5 heteroatoms. The molecule has 0 aromatic rings. The van der Waals surface area contributed by atoms with Crippen molar-refractivity contribution in [3.63, 3.8) is 0 Å². The standard InChI is InChI=1S/C7H14N2O.C6H12FN/c1-7(10)9-5-3-8(2)4-6-9;1-8-4-2-6(7)3-5-8/h3-6H2,1-2H3;6H,2-5H2,1H3. The van der Waals surface area contributed by atoms with E-state index in [1.54, 1.807) is 6.92 Å². The fourth-order valence-electron chi connectivity index (χ4n) is 2.10. The topological polar surface area (TPSA) is 26.8 Å². The molecule has 0 radical (unpaired) electrons. The summed E-state index contributed by atoms with van der Waals surface area (Å²) in [4.78, 5) is 17.1. The lowest BCUT2D eigenvalue weighted by Crippen LogP contribution is -2.46. The Kier molecular flexibility index (Phi) is 6.57. The Morgan fingerprint density at radius 1 is 0.944 bits per heavy atom. The molecule has 2 heterocycles. The second-order valence-corrected chi connectivity index (χ2v) is 5.29. The third kappa shape index (κ3) is 5.78. The van der Waals surface area contributed by atoms with Crippen molar-refractivity contribution in [1.29, 1.82) is 0 Å². The normalized spacial score (nSPS) is 23.4. The summed E-state index contributed by atoms with van der Waals surface area (Å²) in [5, 5.41) is 0. The first kappa shape index (κ1) is 15.4. The number of amides is 1. The van der Waals surface area contributed by atoms with E-state index >= 15 is 0 Å². The number of piperazine rings is 1. The van der Waals surface area contributed by atoms with Gasteiger partial charge in [0.1, 0.15) is 6.17 Å². The Labute approximate surface area is 110 Å². The van der Waals surface area contributed by atoms with Gasteiger partial charge in [0.25, 0.3) is 0 Å². The van der Waals surface area contributed by atoms with Crippen LogP contribution in [0.4, 0.5) is 4.39 Å². The van der Waals surface area contributed by atoms with Gasteiger partial charge in [-0.2, -0.15) is 0 Å². The number of nitrogens with zero attached hydrogens (tertiary/aromatic N) is 3. The monoisotopic (exact) mass is 259 g/mol. The first-order valence-corrected chi connectivity index (χ1v) is 6.75. The van der Waals surface area contributed by atoms with Crippen LogP contribution in [0.15, 0.2) is 0 Å². The molecule has 4 nitrogen and oxygen atoms in total. The molecule has 0 spiro atoms. The highest BCUT2D eigenvalue weighted by Crippen LogP contribution is 2.10. The SMILES string of the molecule is CC(=O)N1CCN(C)CC1.CN1CCC(F)CC1. The minimum Gasteiger partial charge on any atom is -0.340 e. The highest BCUT2D eigenvalue weighted by atomic mass is 19.1. The molecule has 106 valence electrons. The lowest BCUT2D eigenvalue weighted by molar-refractivity contribution is -0.130. The van der Waals surface area contributed by atoms with Crippen molar-refractivity contribution in [1.82, 2.24) is 14.7 Å². The van der Waals surface area contributed by atoms with Gasteiger partial charge in [-0.1, -0.05) is 0 Å². The van der Waals surface area contributed by atoms with E-state index in [0.29, 0.717) is 0 Å². The third-order valence-electron chi connectivity index (χ3n) is 3.60. The van der Waals surface area contributed by atoms with Gasteiger partial charge in [0.2, 0.25) is 5.91 Å². The summed E-state index contributed by atoms with van der Waals surface area (Å²) in [7, 11) is 4.11. The molecule has 2 rings (SSSR count). The smallest absolute Gasteiger partial charge is 0.219 e. The Morgan fingerprint density at radius 3 is 1.78 bits per heavy atom. The lowest BCUT2D eigenvalue weighted by Gasteiger charge is -2.31. The number of hydrogen-bond donors (Lipinski definition) is 0. The molecule has 0 bridgehead atoms. The number of halogens is 1. The van der Waals surface area contributed by atoms with Gasteiger partial charge in [-0.3, -0.25) is 4.79 Å². The molecule has 18 heavy (non-hydrogen) atoms. The van der Waals surface area contributed by atoms with E-state index in [1.165, 1.54) is 0 Å². The average molecular weight is 259 g/mol. The first-order chi connectivity index (χ1) is 8.49. The van der Waals surface area contributed by atoms with Gasteiger partial charge >= 0.3 is 0 Å². The molecule has 2 saturated heterocycles. The number of carbonyl (C=O) groups is 1. The molecule has 0 aliphatic carbocycles. The predicted molar refractivity (Wildman–Crippen MR) is 71.4 cm³/mol. The first-order valence-electron chi connectivity index (χ1n) is 6.75. The molecule has 2 aliphatic rings. The molecule has 0 aromatic carbocycles. The summed E-state index contributed by atoms with van der Waals surface area (Å²) in [5.41, 5.74) is 0. The molecule has 0 atom stereocenters. The molecular weight excluding hydrogens is 233 g/mol. The second kappa shape index (κ2) is 7.69. The van der Waals surface area contributed by atoms with Crippen LogP contribution in [-0.4, -0.2) is 80.1 Å². The van der Waals surface area contributed by atoms with Crippen LogP contribution < -0.4 is 0 Å². The van der Waals surface area contributed by atoms with E-state index in [0.717, 1.165) is 52.1 Å². The van der Waals surface area contributed by atoms with Crippen LogP contribution in [0, 0.1) is 0 Å². The van der Waals surface area contributed by atoms with Crippen LogP contribution in [0.1, 0.15) is 19.8 Å². The molecule has 0 aromatic heterocycles. The highest BCUT2D eigenvalue weighted by molar-refractivity contribution is 5.73. The van der Waals surface area contributed by atoms with Crippen molar-refractivity contribution in [3.05, 3.63) is 0 Å². The van der Waals surface area contributed by atoms with Gasteiger partial charge < -0.3 is 14.7 Å². The van der Waals surface area contributed by atoms with Gasteiger partial charge in [0.15, 0.2) is 0 Å². The lowest BCUT2D eigenvalue weighted by atomic mass is 10.1. The predicted octanol–water partition coefficient (Wildman–Crippen LogP) is 0.830. The van der Waals surface area contributed by atoms with Crippen molar-refractivity contribution in [3.8, 4) is 0 Å². The van der Waals surface area contributed by atoms with Crippen LogP contribution in [0.2, 0.25) is 0 Å². The fraction of sp³-hybridized carbons (Fsp3) is 0.923. The van der Waals surface area contributed by atoms with E-state index in [9.17, 15) is 9.18 Å². The van der Waals surface area contributed by atoms with Crippen LogP contribution in [0.5, 0.6) is 0 Å². The summed E-state index contributed by atoms with van der Waals surface area (Å²) >= 11 is 0. The number of piperidine rings is 1. The summed E-state index contributed by atoms with van der Waals surface area (Å²) in [6.07, 6.45) is 0.943. The van der Waals surface area contributed by atoms with E-state index < -0.39 is 6.17 Å². The Balaban J connectivity index is 0.000000184. The number of likely N-dealkylation sites (N-methyl/N-ethyl adjacent to an activating group) is 1. The maximum Gasteiger partial charge on any atom is 0.219 e. The van der Waals surface area contributed by atoms with E-state index in [2.05, 4.69) is 16.8 Å². The zero-order valence-corrected chi connectivity index (χ0v) is 11.9. The quantitative estimate of drug-likeness (QED) is 0.645. The van der Waals surface area contributed by atoms with Gasteiger partial charge in [-0.25, -0.2) is 4.39 Å². The minimum atomic E-state index is -0.522. The summed E-state index contributed by atoms with van der Waals surface area (Å²) in [6.45, 7) is 7.31. The molecule has 2 aliphatic heterocycles. The third-order valence-corrected chi connectivity index (χ3v) is 3.60. The van der Waals surface area contributed by atoms with Crippen LogP contribution in [-0.2, 0) is 4.79 Å². The van der Waals surface area contributed by atoms with E-state index in [1.807, 2.05) is 11.9 Å². The zero-order chi connectivity index (χ0) is 13.5. The van der Waals surface area contributed by atoms with Crippen molar-refractivity contribution >= 4 is 5.91 Å². The average Bonchev–Trinajstić information content (AvgIpc) is 2.34. The van der Waals surface area contributed by atoms with Crippen molar-refractivity contribution in [2.75, 3.05) is 53.4 Å². The number of alkyl halides is 1. The van der Waals surface area contributed by atoms with Crippen molar-refractivity contribution in [2.24, 2.45) is 0 Å². The summed E-state index contributed by atoms with van der Waals surface area (Å²) in [5.74, 6) is 0.202. The number of hydrogen-bond acceptors (Lipinski definition) is 3. The Hall–Kier alpha value is -0.680. The van der Waals surface area contributed by atoms with Crippen LogP contribution >= 0.6 is 0 Å². The molecular formula is C13H26FN3O. The maximum atomic E-state index is 12.3. The minimum absolute atomic E-state index is 0.202. The van der Waals surface area contributed by atoms with E-state index in [4.69, 9.17) is 0 Å². The molecule has 1 amide bonds. The second-order valence-electron chi connectivity index (χ2n) is 5.29. The molecule has 0 saturated carbocycles. The molecule has 2 fully saturated rings. The summed E-state index contributed by atoms with van der Waals surface area (Å²) in [6, 6.07) is 0. The van der Waals surface area contributed by atoms with Gasteiger partial charge in [0, 0.05) is 46.2 Å². The van der Waals surface area contributed by atoms with Crippen molar-refractivity contribution in [2.45, 2.75) is 25.9 Å². The van der Waals surface area contributed by atoms with Crippen LogP contribution in [0.25, 0.3) is 0 Å². The van der Waals surface area contributed by atoms with E-state index in [-0.39, 0.29) is 5.91 Å². The largest absolute Gasteiger partial charge is 0.340 e. The van der Waals surface area contributed by atoms with Gasteiger partial charge in [-0.05, 0) is 26.9 Å². The van der Waals surface area contributed by atoms with Gasteiger partial charge in [-0.15, -0.1) is 0 Å². The van der Waals surface area contributed by atoms with Crippen molar-refractivity contribution < 1.29 is 9.18 Å². The molecule has 0 unspecified atom stereocenters. The number of carbonyl (C=O) groups excluding carboxylic acids is 1. The van der Waals surface area contributed by atoms with Gasteiger partial charge in [0.05, 0.1) is 0 Å². The number of likely N-dealkylation sites (tertiary alicyclic amines) is 1. The number of rotatable bonds is 0. The molecule has 0 N–H and O–H groups in total. The zero-order valence-electron chi connectivity index (χ0n) is 11.9. The van der Waals surface area contributed by atoms with Crippen LogP contribution in [0.3, 0.4) is 0 Å². The fourth-order valence-corrected chi connectivity index (χ4v) is 2.10. The Morgan fingerprint density at radius 2 is 1.39 bits per heavy atom. The summed E-state index contributed by atoms with van der Waals surface area (Å²) < 4.78 is 12.3.